The van der Waals surface area contributed by atoms with E-state index in [9.17, 15) is 4.79 Å². The van der Waals surface area contributed by atoms with Crippen LogP contribution in [-0.4, -0.2) is 11.1 Å². The van der Waals surface area contributed by atoms with Crippen molar-refractivity contribution in [1.29, 1.82) is 0 Å². The molecule has 74 valence electrons. The molecular weight excluding hydrogens is 164 g/mol. The van der Waals surface area contributed by atoms with Crippen LogP contribution in [0, 0.1) is 17.3 Å². The monoisotopic (exact) mass is 182 g/mol. The lowest BCUT2D eigenvalue weighted by atomic mass is 9.54. The van der Waals surface area contributed by atoms with Gasteiger partial charge in [0.1, 0.15) is 0 Å². The van der Waals surface area contributed by atoms with Crippen molar-refractivity contribution in [2.24, 2.45) is 17.3 Å². The van der Waals surface area contributed by atoms with Crippen LogP contribution in [0.5, 0.6) is 0 Å². The minimum Gasteiger partial charge on any atom is -0.481 e. The largest absolute Gasteiger partial charge is 0.481 e. The van der Waals surface area contributed by atoms with Crippen molar-refractivity contribution in [2.75, 3.05) is 0 Å². The summed E-state index contributed by atoms with van der Waals surface area (Å²) in [6, 6.07) is 0. The second kappa shape index (κ2) is 3.17. The molecule has 0 heterocycles. The van der Waals surface area contributed by atoms with Crippen LogP contribution >= 0.6 is 0 Å². The Labute approximate surface area is 79.6 Å². The van der Waals surface area contributed by atoms with Crippen LogP contribution in [0.25, 0.3) is 0 Å². The lowest BCUT2D eigenvalue weighted by Gasteiger charge is -2.49. The van der Waals surface area contributed by atoms with Crippen molar-refractivity contribution < 1.29 is 9.90 Å². The van der Waals surface area contributed by atoms with E-state index in [-0.39, 0.29) is 11.3 Å². The van der Waals surface area contributed by atoms with E-state index in [0.29, 0.717) is 5.92 Å². The molecule has 1 N–H and O–H groups in total. The van der Waals surface area contributed by atoms with Crippen molar-refractivity contribution in [3.05, 3.63) is 11.6 Å². The first-order chi connectivity index (χ1) is 5.85. The standard InChI is InChI=1S/C11H18O2/c1-7(2)5-8-6-9(10(12)13)11(8,3)4/h5,8-9H,6H2,1-4H3,(H,12,13). The molecule has 2 unspecified atom stereocenters. The maximum Gasteiger partial charge on any atom is 0.307 e. The zero-order chi connectivity index (χ0) is 10.2. The van der Waals surface area contributed by atoms with E-state index < -0.39 is 5.97 Å². The van der Waals surface area contributed by atoms with Crippen LogP contribution in [0.2, 0.25) is 0 Å². The van der Waals surface area contributed by atoms with Crippen LogP contribution < -0.4 is 0 Å². The Morgan fingerprint density at radius 2 is 2.00 bits per heavy atom. The molecule has 0 aromatic heterocycles. The maximum absolute atomic E-state index is 10.8. The number of rotatable bonds is 2. The summed E-state index contributed by atoms with van der Waals surface area (Å²) in [5.41, 5.74) is 1.21. The van der Waals surface area contributed by atoms with Gasteiger partial charge in [0.05, 0.1) is 5.92 Å². The molecule has 0 aromatic rings. The number of hydrogen-bond acceptors (Lipinski definition) is 1. The molecule has 2 heteroatoms. The number of carboxylic acid groups (broad SMARTS) is 1. The summed E-state index contributed by atoms with van der Waals surface area (Å²) in [4.78, 5) is 10.8. The van der Waals surface area contributed by atoms with Gasteiger partial charge in [0.15, 0.2) is 0 Å². The number of carboxylic acids is 1. The van der Waals surface area contributed by atoms with Crippen LogP contribution in [0.15, 0.2) is 11.6 Å². The molecule has 0 amide bonds. The summed E-state index contributed by atoms with van der Waals surface area (Å²) in [6.07, 6.45) is 2.99. The number of allylic oxidation sites excluding steroid dienone is 2. The molecule has 2 atom stereocenters. The van der Waals surface area contributed by atoms with Gasteiger partial charge in [-0.3, -0.25) is 4.79 Å². The Kier molecular flexibility index (Phi) is 2.51. The zero-order valence-electron chi connectivity index (χ0n) is 8.79. The van der Waals surface area contributed by atoms with E-state index in [1.54, 1.807) is 0 Å². The Hall–Kier alpha value is -0.790. The molecule has 0 saturated heterocycles. The predicted octanol–water partition coefficient (Wildman–Crippen LogP) is 2.70. The minimum absolute atomic E-state index is 0.0664. The Bertz CT molecular complexity index is 247. The molecule has 2 nitrogen and oxygen atoms in total. The zero-order valence-corrected chi connectivity index (χ0v) is 8.79. The first-order valence-corrected chi connectivity index (χ1v) is 4.73. The molecule has 0 radical (unpaired) electrons. The fourth-order valence-corrected chi connectivity index (χ4v) is 2.06. The average Bonchev–Trinajstić information content (AvgIpc) is 1.96. The quantitative estimate of drug-likeness (QED) is 0.667. The van der Waals surface area contributed by atoms with E-state index in [1.165, 1.54) is 5.57 Å². The minimum atomic E-state index is -0.650. The normalized spacial score (nSPS) is 30.5. The molecule has 1 aliphatic rings. The van der Waals surface area contributed by atoms with E-state index >= 15 is 0 Å². The highest BCUT2D eigenvalue weighted by Gasteiger charge is 2.50. The molecule has 1 fully saturated rings. The SMILES string of the molecule is CC(C)=CC1CC(C(=O)O)C1(C)C. The summed E-state index contributed by atoms with van der Waals surface area (Å²) in [7, 11) is 0. The topological polar surface area (TPSA) is 37.3 Å². The van der Waals surface area contributed by atoms with Crippen LogP contribution in [0.3, 0.4) is 0 Å². The van der Waals surface area contributed by atoms with Gasteiger partial charge in [0, 0.05) is 0 Å². The number of aliphatic carboxylic acids is 1. The molecular formula is C11H18O2. The van der Waals surface area contributed by atoms with Gasteiger partial charge in [-0.2, -0.15) is 0 Å². The highest BCUT2D eigenvalue weighted by molar-refractivity contribution is 5.72. The molecule has 0 aliphatic heterocycles. The molecule has 0 bridgehead atoms. The van der Waals surface area contributed by atoms with Crippen molar-refractivity contribution in [3.8, 4) is 0 Å². The molecule has 1 aliphatic carbocycles. The fraction of sp³-hybridized carbons (Fsp3) is 0.727. The smallest absolute Gasteiger partial charge is 0.307 e. The molecule has 1 saturated carbocycles. The second-order valence-electron chi connectivity index (χ2n) is 4.80. The van der Waals surface area contributed by atoms with Gasteiger partial charge in [0.2, 0.25) is 0 Å². The van der Waals surface area contributed by atoms with Crippen molar-refractivity contribution >= 4 is 5.97 Å². The van der Waals surface area contributed by atoms with E-state index in [1.807, 2.05) is 13.8 Å². The first-order valence-electron chi connectivity index (χ1n) is 4.73. The van der Waals surface area contributed by atoms with Gasteiger partial charge in [-0.05, 0) is 31.6 Å². The molecule has 0 spiro atoms. The molecule has 13 heavy (non-hydrogen) atoms. The third kappa shape index (κ3) is 1.77. The van der Waals surface area contributed by atoms with E-state index in [0.717, 1.165) is 6.42 Å². The van der Waals surface area contributed by atoms with Crippen LogP contribution in [0.1, 0.15) is 34.1 Å². The number of hydrogen-bond donors (Lipinski definition) is 1. The van der Waals surface area contributed by atoms with Gasteiger partial charge in [0.25, 0.3) is 0 Å². The third-order valence-electron chi connectivity index (χ3n) is 3.18. The van der Waals surface area contributed by atoms with Gasteiger partial charge in [-0.25, -0.2) is 0 Å². The highest BCUT2D eigenvalue weighted by atomic mass is 16.4. The summed E-state index contributed by atoms with van der Waals surface area (Å²) in [6.45, 7) is 8.20. The van der Waals surface area contributed by atoms with Gasteiger partial charge in [-0.1, -0.05) is 25.5 Å². The lowest BCUT2D eigenvalue weighted by Crippen LogP contribution is -2.48. The predicted molar refractivity (Wildman–Crippen MR) is 52.4 cm³/mol. The average molecular weight is 182 g/mol. The van der Waals surface area contributed by atoms with Gasteiger partial charge in [-0.15, -0.1) is 0 Å². The lowest BCUT2D eigenvalue weighted by molar-refractivity contribution is -0.156. The van der Waals surface area contributed by atoms with Crippen molar-refractivity contribution in [3.63, 3.8) is 0 Å². The number of carbonyl (C=O) groups is 1. The van der Waals surface area contributed by atoms with Crippen LogP contribution in [0.4, 0.5) is 0 Å². The second-order valence-corrected chi connectivity index (χ2v) is 4.80. The fourth-order valence-electron chi connectivity index (χ4n) is 2.06. The molecule has 1 rings (SSSR count). The Balaban J connectivity index is 2.70. The van der Waals surface area contributed by atoms with Crippen LogP contribution in [-0.2, 0) is 4.79 Å². The summed E-state index contributed by atoms with van der Waals surface area (Å²) in [5, 5.41) is 8.90. The summed E-state index contributed by atoms with van der Waals surface area (Å²) >= 11 is 0. The Morgan fingerprint density at radius 1 is 1.46 bits per heavy atom. The van der Waals surface area contributed by atoms with Crippen molar-refractivity contribution in [2.45, 2.75) is 34.1 Å². The first kappa shape index (κ1) is 10.3. The van der Waals surface area contributed by atoms with Gasteiger partial charge >= 0.3 is 5.97 Å². The summed E-state index contributed by atoms with van der Waals surface area (Å²) < 4.78 is 0. The van der Waals surface area contributed by atoms with E-state index in [2.05, 4.69) is 19.9 Å². The maximum atomic E-state index is 10.8. The Morgan fingerprint density at radius 3 is 2.31 bits per heavy atom. The third-order valence-corrected chi connectivity index (χ3v) is 3.18. The van der Waals surface area contributed by atoms with E-state index in [4.69, 9.17) is 5.11 Å². The van der Waals surface area contributed by atoms with Gasteiger partial charge < -0.3 is 5.11 Å². The van der Waals surface area contributed by atoms with Crippen molar-refractivity contribution in [1.82, 2.24) is 0 Å². The molecule has 0 aromatic carbocycles. The highest BCUT2D eigenvalue weighted by Crippen LogP contribution is 2.52. The summed E-state index contributed by atoms with van der Waals surface area (Å²) in [5.74, 6) is -0.366.